The lowest BCUT2D eigenvalue weighted by molar-refractivity contribution is -0.0366. The molecular formula is C39H48ClFN8O3. The van der Waals surface area contributed by atoms with Crippen molar-refractivity contribution in [3.8, 4) is 11.1 Å². The van der Waals surface area contributed by atoms with Crippen LogP contribution < -0.4 is 4.90 Å². The van der Waals surface area contributed by atoms with Crippen molar-refractivity contribution < 1.29 is 18.7 Å². The predicted molar refractivity (Wildman–Crippen MR) is 203 cm³/mol. The van der Waals surface area contributed by atoms with Gasteiger partial charge in [0.25, 0.3) is 0 Å². The highest BCUT2D eigenvalue weighted by Gasteiger charge is 2.35. The van der Waals surface area contributed by atoms with Crippen LogP contribution in [-0.4, -0.2) is 99.0 Å². The highest BCUT2D eigenvalue weighted by atomic mass is 35.5. The standard InChI is InChI=1S/C39H48ClFN8O3/c1-22-16-30-27(18-43-49(30)31-10-8-9-15-51-31)32(23(22)2)33-29(40)17-26-35(34(33)41)44-37(47-20-25(21-47)45(6)7)28-19-42-48(36(26)28)24-11-13-46(14-12-24)38(50)52-39(3,4)5/h16-19,24-25,31H,8-15,20-21H2,1-7H3. The van der Waals surface area contributed by atoms with Gasteiger partial charge in [-0.1, -0.05) is 11.6 Å². The number of aryl methyl sites for hydroxylation is 1. The number of piperidine rings is 1. The van der Waals surface area contributed by atoms with E-state index in [1.165, 1.54) is 0 Å². The molecule has 0 saturated carbocycles. The minimum atomic E-state index is -0.563. The van der Waals surface area contributed by atoms with Crippen LogP contribution in [0.2, 0.25) is 5.02 Å². The minimum Gasteiger partial charge on any atom is -0.444 e. The van der Waals surface area contributed by atoms with Crippen LogP contribution in [0.3, 0.4) is 0 Å². The second kappa shape index (κ2) is 13.1. The fourth-order valence-electron chi connectivity index (χ4n) is 8.07. The number of rotatable bonds is 5. The molecule has 3 aliphatic heterocycles. The summed E-state index contributed by atoms with van der Waals surface area (Å²) in [6.07, 6.45) is 7.57. The van der Waals surface area contributed by atoms with Crippen molar-refractivity contribution in [1.29, 1.82) is 0 Å². The number of aromatic nitrogens is 5. The zero-order chi connectivity index (χ0) is 36.6. The van der Waals surface area contributed by atoms with Crippen molar-refractivity contribution >= 4 is 56.2 Å². The first-order valence-electron chi connectivity index (χ1n) is 18.5. The van der Waals surface area contributed by atoms with Gasteiger partial charge in [-0.05, 0) is 104 Å². The van der Waals surface area contributed by atoms with Crippen molar-refractivity contribution in [2.45, 2.75) is 90.6 Å². The van der Waals surface area contributed by atoms with Gasteiger partial charge in [-0.25, -0.2) is 18.9 Å². The van der Waals surface area contributed by atoms with Gasteiger partial charge in [-0.3, -0.25) is 4.68 Å². The summed E-state index contributed by atoms with van der Waals surface area (Å²) in [6, 6.07) is 4.35. The molecule has 1 unspecified atom stereocenters. The lowest BCUT2D eigenvalue weighted by atomic mass is 9.92. The summed E-state index contributed by atoms with van der Waals surface area (Å²) >= 11 is 7.21. The molecule has 0 spiro atoms. The van der Waals surface area contributed by atoms with Crippen LogP contribution in [0.25, 0.3) is 43.8 Å². The van der Waals surface area contributed by atoms with Crippen molar-refractivity contribution in [3.05, 3.63) is 46.5 Å². The maximum absolute atomic E-state index is 17.6. The van der Waals surface area contributed by atoms with Crippen LogP contribution in [0.5, 0.6) is 0 Å². The van der Waals surface area contributed by atoms with E-state index in [-0.39, 0.29) is 23.9 Å². The number of likely N-dealkylation sites (tertiary alicyclic amines) is 1. The molecule has 11 nitrogen and oxygen atoms in total. The van der Waals surface area contributed by atoms with Gasteiger partial charge in [0.1, 0.15) is 16.9 Å². The number of anilines is 1. The first-order chi connectivity index (χ1) is 24.8. The molecule has 13 heteroatoms. The van der Waals surface area contributed by atoms with E-state index in [2.05, 4.69) is 30.0 Å². The quantitative estimate of drug-likeness (QED) is 0.180. The molecule has 1 atom stereocenters. The Morgan fingerprint density at radius 1 is 0.981 bits per heavy atom. The highest BCUT2D eigenvalue weighted by molar-refractivity contribution is 6.35. The molecule has 3 aromatic heterocycles. The van der Waals surface area contributed by atoms with Gasteiger partial charge >= 0.3 is 6.09 Å². The number of amides is 1. The normalized spacial score (nSPS) is 19.4. The number of benzene rings is 2. The number of hydrogen-bond acceptors (Lipinski definition) is 8. The molecule has 0 radical (unpaired) electrons. The van der Waals surface area contributed by atoms with Crippen LogP contribution in [0.4, 0.5) is 15.0 Å². The van der Waals surface area contributed by atoms with Crippen LogP contribution in [0, 0.1) is 19.7 Å². The van der Waals surface area contributed by atoms with Gasteiger partial charge < -0.3 is 24.2 Å². The molecule has 6 heterocycles. The molecule has 3 aliphatic rings. The average Bonchev–Trinajstić information content (AvgIpc) is 3.71. The molecule has 8 rings (SSSR count). The third-order valence-electron chi connectivity index (χ3n) is 11.2. The number of ether oxygens (including phenoxy) is 2. The van der Waals surface area contributed by atoms with E-state index in [9.17, 15) is 4.79 Å². The third kappa shape index (κ3) is 5.96. The molecule has 0 N–H and O–H groups in total. The number of pyridine rings is 1. The van der Waals surface area contributed by atoms with E-state index in [4.69, 9.17) is 36.3 Å². The topological polar surface area (TPSA) is 93.8 Å². The maximum Gasteiger partial charge on any atom is 0.410 e. The lowest BCUT2D eigenvalue weighted by Crippen LogP contribution is -2.57. The lowest BCUT2D eigenvalue weighted by Gasteiger charge is -2.43. The molecule has 5 aromatic rings. The fourth-order valence-corrected chi connectivity index (χ4v) is 8.36. The molecule has 1 amide bonds. The van der Waals surface area contributed by atoms with Gasteiger partial charge in [-0.2, -0.15) is 10.2 Å². The Morgan fingerprint density at radius 3 is 2.37 bits per heavy atom. The number of hydrogen-bond donors (Lipinski definition) is 0. The SMILES string of the molecule is Cc1cc2c(cnn2C2CCCCO2)c(-c2c(Cl)cc3c(nc(N4CC(N(C)C)C4)c4cnn(C5CCN(C(=O)OC(C)(C)C)CC5)c43)c2F)c1C. The summed E-state index contributed by atoms with van der Waals surface area (Å²) in [5, 5.41) is 12.3. The van der Waals surface area contributed by atoms with Crippen molar-refractivity contribution in [2.24, 2.45) is 0 Å². The second-order valence-electron chi connectivity index (χ2n) is 16.0. The van der Waals surface area contributed by atoms with Gasteiger partial charge in [-0.15, -0.1) is 0 Å². The average molecular weight is 731 g/mol. The van der Waals surface area contributed by atoms with Crippen LogP contribution in [0.1, 0.15) is 76.3 Å². The number of carbonyl (C=O) groups excluding carboxylic acids is 1. The number of fused-ring (bicyclic) bond motifs is 4. The minimum absolute atomic E-state index is 0.00597. The van der Waals surface area contributed by atoms with Gasteiger partial charge in [0, 0.05) is 60.7 Å². The molecule has 0 bridgehead atoms. The second-order valence-corrected chi connectivity index (χ2v) is 16.4. The zero-order valence-electron chi connectivity index (χ0n) is 31.2. The van der Waals surface area contributed by atoms with E-state index < -0.39 is 11.4 Å². The Balaban J connectivity index is 1.27. The van der Waals surface area contributed by atoms with Crippen LogP contribution >= 0.6 is 11.6 Å². The van der Waals surface area contributed by atoms with Crippen LogP contribution in [-0.2, 0) is 9.47 Å². The van der Waals surface area contributed by atoms with Gasteiger partial charge in [0.15, 0.2) is 12.0 Å². The molecule has 52 heavy (non-hydrogen) atoms. The summed E-state index contributed by atoms with van der Waals surface area (Å²) in [7, 11) is 4.16. The molecule has 3 saturated heterocycles. The van der Waals surface area contributed by atoms with Crippen LogP contribution in [0.15, 0.2) is 24.5 Å². The van der Waals surface area contributed by atoms with Gasteiger partial charge in [0.2, 0.25) is 0 Å². The molecule has 2 aromatic carbocycles. The summed E-state index contributed by atoms with van der Waals surface area (Å²) < 4.78 is 33.3. The zero-order valence-corrected chi connectivity index (χ0v) is 31.9. The first kappa shape index (κ1) is 35.1. The van der Waals surface area contributed by atoms with E-state index in [1.807, 2.05) is 62.4 Å². The van der Waals surface area contributed by atoms with E-state index in [0.29, 0.717) is 54.6 Å². The first-order valence-corrected chi connectivity index (χ1v) is 18.9. The Labute approximate surface area is 308 Å². The summed E-state index contributed by atoms with van der Waals surface area (Å²) in [5.41, 5.74) is 4.42. The Bertz CT molecular complexity index is 2190. The summed E-state index contributed by atoms with van der Waals surface area (Å²) in [5.74, 6) is 0.262. The molecular weight excluding hydrogens is 683 g/mol. The molecule has 3 fully saturated rings. The van der Waals surface area contributed by atoms with E-state index in [0.717, 1.165) is 76.7 Å². The number of halogens is 2. The van der Waals surface area contributed by atoms with Crippen molar-refractivity contribution in [3.63, 3.8) is 0 Å². The third-order valence-corrected chi connectivity index (χ3v) is 11.5. The monoisotopic (exact) mass is 730 g/mol. The fraction of sp³-hybridized carbons (Fsp3) is 0.538. The Hall–Kier alpha value is -4.00. The Morgan fingerprint density at radius 2 is 1.69 bits per heavy atom. The van der Waals surface area contributed by atoms with E-state index in [1.54, 1.807) is 4.90 Å². The molecule has 0 aliphatic carbocycles. The van der Waals surface area contributed by atoms with Gasteiger partial charge in [0.05, 0.1) is 39.9 Å². The number of likely N-dealkylation sites (N-methyl/N-ethyl adjacent to an activating group) is 1. The molecule has 276 valence electrons. The number of carbonyl (C=O) groups is 1. The smallest absolute Gasteiger partial charge is 0.410 e. The number of nitrogens with zero attached hydrogens (tertiary/aromatic N) is 8. The summed E-state index contributed by atoms with van der Waals surface area (Å²) in [6.45, 7) is 13.0. The Kier molecular flexibility index (Phi) is 8.86. The maximum atomic E-state index is 17.6. The summed E-state index contributed by atoms with van der Waals surface area (Å²) in [4.78, 5) is 24.1. The van der Waals surface area contributed by atoms with E-state index >= 15 is 4.39 Å². The highest BCUT2D eigenvalue weighted by Crippen LogP contribution is 2.45. The largest absolute Gasteiger partial charge is 0.444 e. The predicted octanol–water partition coefficient (Wildman–Crippen LogP) is 8.03. The van der Waals surface area contributed by atoms with Crippen molar-refractivity contribution in [2.75, 3.05) is 51.8 Å². The van der Waals surface area contributed by atoms with Crippen molar-refractivity contribution in [1.82, 2.24) is 34.3 Å².